The molecule has 3 nitrogen and oxygen atoms in total. The third-order valence-electron chi connectivity index (χ3n) is 2.43. The number of hydrogen-bond acceptors (Lipinski definition) is 2. The molecule has 1 aromatic carbocycles. The van der Waals surface area contributed by atoms with Crippen LogP contribution in [-0.4, -0.2) is 14.6 Å². The SMILES string of the molecule is Clc1cccc2nc(-c3ccccc3Br)nn12. The molecule has 0 saturated carbocycles. The summed E-state index contributed by atoms with van der Waals surface area (Å²) in [6.07, 6.45) is 0. The van der Waals surface area contributed by atoms with Crippen LogP contribution < -0.4 is 0 Å². The zero-order valence-corrected chi connectivity index (χ0v) is 11.0. The topological polar surface area (TPSA) is 30.2 Å². The Labute approximate surface area is 111 Å². The molecular weight excluding hydrogens is 302 g/mol. The molecule has 5 heteroatoms. The van der Waals surface area contributed by atoms with E-state index in [9.17, 15) is 0 Å². The molecule has 0 saturated heterocycles. The Balaban J connectivity index is 2.26. The lowest BCUT2D eigenvalue weighted by atomic mass is 10.2. The molecule has 3 aromatic rings. The lowest BCUT2D eigenvalue weighted by Crippen LogP contribution is -1.88. The van der Waals surface area contributed by atoms with Gasteiger partial charge in [-0.25, -0.2) is 9.50 Å². The standard InChI is InChI=1S/C12H7BrClN3/c13-9-5-2-1-4-8(9)12-15-11-7-3-6-10(14)17(11)16-12/h1-7H. The molecule has 0 N–H and O–H groups in total. The van der Waals surface area contributed by atoms with Gasteiger partial charge in [0.15, 0.2) is 11.5 Å². The molecule has 0 amide bonds. The zero-order chi connectivity index (χ0) is 11.8. The Kier molecular flexibility index (Phi) is 2.61. The van der Waals surface area contributed by atoms with Gasteiger partial charge in [0, 0.05) is 10.0 Å². The lowest BCUT2D eigenvalue weighted by molar-refractivity contribution is 0.966. The van der Waals surface area contributed by atoms with E-state index in [1.807, 2.05) is 36.4 Å². The monoisotopic (exact) mass is 307 g/mol. The first kappa shape index (κ1) is 10.7. The van der Waals surface area contributed by atoms with Crippen molar-refractivity contribution in [1.29, 1.82) is 0 Å². The van der Waals surface area contributed by atoms with Crippen molar-refractivity contribution in [3.05, 3.63) is 52.1 Å². The smallest absolute Gasteiger partial charge is 0.183 e. The van der Waals surface area contributed by atoms with E-state index in [-0.39, 0.29) is 0 Å². The molecule has 0 spiro atoms. The largest absolute Gasteiger partial charge is 0.207 e. The lowest BCUT2D eigenvalue weighted by Gasteiger charge is -1.97. The summed E-state index contributed by atoms with van der Waals surface area (Å²) in [5.41, 5.74) is 1.69. The number of nitrogens with zero attached hydrogens (tertiary/aromatic N) is 3. The predicted octanol–water partition coefficient (Wildman–Crippen LogP) is 3.81. The first-order chi connectivity index (χ1) is 8.25. The van der Waals surface area contributed by atoms with Crippen LogP contribution in [0.2, 0.25) is 5.15 Å². The third kappa shape index (κ3) is 1.83. The van der Waals surface area contributed by atoms with Crippen LogP contribution in [0.1, 0.15) is 0 Å². The Hall–Kier alpha value is -1.39. The second-order valence-corrected chi connectivity index (χ2v) is 4.78. The molecule has 0 bridgehead atoms. The van der Waals surface area contributed by atoms with Crippen molar-refractivity contribution in [2.24, 2.45) is 0 Å². The van der Waals surface area contributed by atoms with Gasteiger partial charge >= 0.3 is 0 Å². The third-order valence-corrected chi connectivity index (χ3v) is 3.41. The fourth-order valence-electron chi connectivity index (χ4n) is 1.63. The molecule has 0 fully saturated rings. The Morgan fingerprint density at radius 1 is 1.06 bits per heavy atom. The van der Waals surface area contributed by atoms with E-state index in [0.29, 0.717) is 11.0 Å². The van der Waals surface area contributed by atoms with Crippen molar-refractivity contribution < 1.29 is 0 Å². The second-order valence-electron chi connectivity index (χ2n) is 3.53. The van der Waals surface area contributed by atoms with E-state index in [1.165, 1.54) is 0 Å². The number of hydrogen-bond donors (Lipinski definition) is 0. The summed E-state index contributed by atoms with van der Waals surface area (Å²) in [4.78, 5) is 4.44. The number of aromatic nitrogens is 3. The molecular formula is C12H7BrClN3. The molecule has 0 aliphatic rings. The summed E-state index contributed by atoms with van der Waals surface area (Å²) in [5.74, 6) is 0.658. The number of halogens is 2. The fourth-order valence-corrected chi connectivity index (χ4v) is 2.29. The summed E-state index contributed by atoms with van der Waals surface area (Å²) in [6.45, 7) is 0. The normalized spacial score (nSPS) is 10.9. The van der Waals surface area contributed by atoms with E-state index < -0.39 is 0 Å². The zero-order valence-electron chi connectivity index (χ0n) is 8.64. The Bertz CT molecular complexity index is 693. The van der Waals surface area contributed by atoms with Crippen LogP contribution in [0.15, 0.2) is 46.9 Å². The maximum absolute atomic E-state index is 6.05. The highest BCUT2D eigenvalue weighted by atomic mass is 79.9. The van der Waals surface area contributed by atoms with Crippen molar-refractivity contribution in [2.45, 2.75) is 0 Å². The Morgan fingerprint density at radius 3 is 2.65 bits per heavy atom. The van der Waals surface area contributed by atoms with Gasteiger partial charge in [-0.05, 0) is 24.3 Å². The van der Waals surface area contributed by atoms with Crippen molar-refractivity contribution in [1.82, 2.24) is 14.6 Å². The highest BCUT2D eigenvalue weighted by molar-refractivity contribution is 9.10. The van der Waals surface area contributed by atoms with Gasteiger partial charge in [-0.2, -0.15) is 0 Å². The van der Waals surface area contributed by atoms with Crippen molar-refractivity contribution >= 4 is 33.2 Å². The molecule has 0 unspecified atom stereocenters. The maximum Gasteiger partial charge on any atom is 0.183 e. The number of fused-ring (bicyclic) bond motifs is 1. The molecule has 17 heavy (non-hydrogen) atoms. The first-order valence-electron chi connectivity index (χ1n) is 5.02. The van der Waals surface area contributed by atoms with Crippen LogP contribution in [-0.2, 0) is 0 Å². The molecule has 0 radical (unpaired) electrons. The molecule has 84 valence electrons. The Morgan fingerprint density at radius 2 is 1.88 bits per heavy atom. The summed E-state index contributed by atoms with van der Waals surface area (Å²) in [5, 5.41) is 4.94. The van der Waals surface area contributed by atoms with Crippen LogP contribution in [0.4, 0.5) is 0 Å². The van der Waals surface area contributed by atoms with Gasteiger partial charge in [-0.15, -0.1) is 5.10 Å². The quantitative estimate of drug-likeness (QED) is 0.640. The van der Waals surface area contributed by atoms with Crippen molar-refractivity contribution in [3.63, 3.8) is 0 Å². The summed E-state index contributed by atoms with van der Waals surface area (Å²) >= 11 is 9.53. The second kappa shape index (κ2) is 4.13. The van der Waals surface area contributed by atoms with E-state index in [0.717, 1.165) is 15.7 Å². The molecule has 2 aromatic heterocycles. The van der Waals surface area contributed by atoms with Crippen LogP contribution in [0, 0.1) is 0 Å². The summed E-state index contributed by atoms with van der Waals surface area (Å²) in [6, 6.07) is 13.3. The fraction of sp³-hybridized carbons (Fsp3) is 0. The van der Waals surface area contributed by atoms with E-state index in [2.05, 4.69) is 26.0 Å². The predicted molar refractivity (Wildman–Crippen MR) is 71.1 cm³/mol. The average Bonchev–Trinajstić information content (AvgIpc) is 2.75. The number of pyridine rings is 1. The minimum absolute atomic E-state index is 0.549. The van der Waals surface area contributed by atoms with Gasteiger partial charge in [0.25, 0.3) is 0 Å². The van der Waals surface area contributed by atoms with Crippen molar-refractivity contribution in [3.8, 4) is 11.4 Å². The van der Waals surface area contributed by atoms with Gasteiger partial charge in [-0.3, -0.25) is 0 Å². The minimum Gasteiger partial charge on any atom is -0.207 e. The van der Waals surface area contributed by atoms with E-state index >= 15 is 0 Å². The van der Waals surface area contributed by atoms with Crippen LogP contribution in [0.3, 0.4) is 0 Å². The van der Waals surface area contributed by atoms with Crippen LogP contribution in [0.5, 0.6) is 0 Å². The van der Waals surface area contributed by atoms with Gasteiger partial charge in [0.2, 0.25) is 0 Å². The van der Waals surface area contributed by atoms with Gasteiger partial charge in [-0.1, -0.05) is 45.7 Å². The van der Waals surface area contributed by atoms with Crippen LogP contribution >= 0.6 is 27.5 Å². The van der Waals surface area contributed by atoms with E-state index in [1.54, 1.807) is 10.6 Å². The molecule has 3 rings (SSSR count). The highest BCUT2D eigenvalue weighted by Crippen LogP contribution is 2.26. The van der Waals surface area contributed by atoms with Crippen LogP contribution in [0.25, 0.3) is 17.0 Å². The first-order valence-corrected chi connectivity index (χ1v) is 6.19. The average molecular weight is 309 g/mol. The van der Waals surface area contributed by atoms with Crippen molar-refractivity contribution in [2.75, 3.05) is 0 Å². The number of benzene rings is 1. The maximum atomic E-state index is 6.05. The molecule has 0 atom stereocenters. The molecule has 0 aliphatic heterocycles. The van der Waals surface area contributed by atoms with Gasteiger partial charge in [0.05, 0.1) is 0 Å². The van der Waals surface area contributed by atoms with Gasteiger partial charge in [0.1, 0.15) is 5.15 Å². The molecule has 0 aliphatic carbocycles. The summed E-state index contributed by atoms with van der Waals surface area (Å²) in [7, 11) is 0. The number of rotatable bonds is 1. The summed E-state index contributed by atoms with van der Waals surface area (Å²) < 4.78 is 2.59. The van der Waals surface area contributed by atoms with E-state index in [4.69, 9.17) is 11.6 Å². The highest BCUT2D eigenvalue weighted by Gasteiger charge is 2.10. The molecule has 2 heterocycles. The minimum atomic E-state index is 0.549. The van der Waals surface area contributed by atoms with Gasteiger partial charge < -0.3 is 0 Å².